The number of hydrogen-bond acceptors (Lipinski definition) is 5. The highest BCUT2D eigenvalue weighted by Crippen LogP contribution is 2.23. The molecule has 0 aliphatic heterocycles. The second-order valence-electron chi connectivity index (χ2n) is 6.13. The topological polar surface area (TPSA) is 93.0 Å². The van der Waals surface area contributed by atoms with Crippen molar-refractivity contribution >= 4 is 5.91 Å². The summed E-state index contributed by atoms with van der Waals surface area (Å²) in [6, 6.07) is 3.61. The number of benzene rings is 1. The molecule has 0 fully saturated rings. The van der Waals surface area contributed by atoms with Crippen LogP contribution in [0.1, 0.15) is 39.8 Å². The maximum Gasteiger partial charge on any atom is 0.273 e. The van der Waals surface area contributed by atoms with E-state index < -0.39 is 17.5 Å². The zero-order chi connectivity index (χ0) is 18.8. The van der Waals surface area contributed by atoms with E-state index in [2.05, 4.69) is 20.5 Å². The number of nitrogens with zero attached hydrogens (tertiary/aromatic N) is 2. The highest BCUT2D eigenvalue weighted by Gasteiger charge is 2.20. The van der Waals surface area contributed by atoms with Gasteiger partial charge in [-0.15, -0.1) is 0 Å². The minimum atomic E-state index is -1.09. The van der Waals surface area contributed by atoms with Gasteiger partial charge < -0.3 is 14.5 Å². The highest BCUT2D eigenvalue weighted by molar-refractivity contribution is 5.91. The molecule has 27 heavy (non-hydrogen) atoms. The van der Waals surface area contributed by atoms with Crippen molar-refractivity contribution in [2.75, 3.05) is 0 Å². The summed E-state index contributed by atoms with van der Waals surface area (Å²) in [7, 11) is 0. The molecule has 140 valence electrons. The summed E-state index contributed by atoms with van der Waals surface area (Å²) in [6.07, 6.45) is 4.21. The number of hydrogen-bond donors (Lipinski definition) is 2. The van der Waals surface area contributed by atoms with Gasteiger partial charge in [-0.1, -0.05) is 6.07 Å². The van der Waals surface area contributed by atoms with Crippen LogP contribution in [-0.2, 0) is 26.0 Å². The minimum absolute atomic E-state index is 0.0699. The normalized spacial score (nSPS) is 12.8. The fourth-order valence-electron chi connectivity index (χ4n) is 3.01. The van der Waals surface area contributed by atoms with E-state index in [1.807, 2.05) is 0 Å². The third-order valence-corrected chi connectivity index (χ3v) is 4.36. The Morgan fingerprint density at radius 3 is 3.11 bits per heavy atom. The van der Waals surface area contributed by atoms with Crippen LogP contribution >= 0.6 is 0 Å². The van der Waals surface area contributed by atoms with E-state index in [1.165, 1.54) is 24.0 Å². The number of nitrogens with one attached hydrogen (secondary N) is 2. The summed E-state index contributed by atoms with van der Waals surface area (Å²) in [5.41, 5.74) is 3.19. The second kappa shape index (κ2) is 7.18. The van der Waals surface area contributed by atoms with Crippen LogP contribution in [0, 0.1) is 11.6 Å². The molecule has 0 spiro atoms. The lowest BCUT2D eigenvalue weighted by Gasteiger charge is -2.04. The molecular formula is C18H16F2N4O3. The molecule has 0 saturated carbocycles. The molecule has 0 bridgehead atoms. The van der Waals surface area contributed by atoms with Crippen LogP contribution in [-0.4, -0.2) is 21.1 Å². The maximum absolute atomic E-state index is 13.5. The Balaban J connectivity index is 1.34. The summed E-state index contributed by atoms with van der Waals surface area (Å²) in [6.45, 7) is 0.0540. The number of oxazole rings is 1. The molecular weight excluding hydrogens is 358 g/mol. The SMILES string of the molecule is O=C(NCc1n[nH]c2c1CCC2)c1coc(COc2cccc(F)c2F)n1. The van der Waals surface area contributed by atoms with E-state index in [0.717, 1.165) is 36.7 Å². The van der Waals surface area contributed by atoms with Crippen molar-refractivity contribution in [3.05, 3.63) is 64.6 Å². The van der Waals surface area contributed by atoms with Gasteiger partial charge in [0, 0.05) is 5.69 Å². The van der Waals surface area contributed by atoms with Gasteiger partial charge in [0.05, 0.1) is 12.2 Å². The summed E-state index contributed by atoms with van der Waals surface area (Å²) >= 11 is 0. The van der Waals surface area contributed by atoms with E-state index in [9.17, 15) is 13.6 Å². The zero-order valence-electron chi connectivity index (χ0n) is 14.2. The number of carbonyl (C=O) groups excluding carboxylic acids is 1. The Morgan fingerprint density at radius 2 is 2.22 bits per heavy atom. The van der Waals surface area contributed by atoms with Gasteiger partial charge in [-0.2, -0.15) is 9.49 Å². The van der Waals surface area contributed by atoms with Crippen LogP contribution in [0.25, 0.3) is 0 Å². The molecule has 0 atom stereocenters. The Labute approximate surface area is 152 Å². The van der Waals surface area contributed by atoms with Crippen LogP contribution in [0.15, 0.2) is 28.9 Å². The van der Waals surface area contributed by atoms with E-state index in [4.69, 9.17) is 9.15 Å². The average molecular weight is 374 g/mol. The number of aryl methyl sites for hydroxylation is 1. The first-order chi connectivity index (χ1) is 13.1. The molecule has 4 rings (SSSR count). The lowest BCUT2D eigenvalue weighted by molar-refractivity contribution is 0.0945. The number of H-pyrrole nitrogens is 1. The average Bonchev–Trinajstić information content (AvgIpc) is 3.38. The first-order valence-corrected chi connectivity index (χ1v) is 8.46. The number of fused-ring (bicyclic) bond motifs is 1. The van der Waals surface area contributed by atoms with Crippen LogP contribution < -0.4 is 10.1 Å². The number of carbonyl (C=O) groups is 1. The van der Waals surface area contributed by atoms with Gasteiger partial charge in [0.2, 0.25) is 11.7 Å². The largest absolute Gasteiger partial charge is 0.481 e. The summed E-state index contributed by atoms with van der Waals surface area (Å²) in [5.74, 6) is -2.70. The van der Waals surface area contributed by atoms with Crippen LogP contribution in [0.2, 0.25) is 0 Å². The quantitative estimate of drug-likeness (QED) is 0.692. The maximum atomic E-state index is 13.5. The molecule has 0 unspecified atom stereocenters. The van der Waals surface area contributed by atoms with Crippen molar-refractivity contribution in [3.63, 3.8) is 0 Å². The lowest BCUT2D eigenvalue weighted by Crippen LogP contribution is -2.24. The smallest absolute Gasteiger partial charge is 0.273 e. The Morgan fingerprint density at radius 1 is 1.33 bits per heavy atom. The van der Waals surface area contributed by atoms with E-state index in [0.29, 0.717) is 0 Å². The molecule has 3 aromatic rings. The van der Waals surface area contributed by atoms with Gasteiger partial charge in [0.25, 0.3) is 5.91 Å². The van der Waals surface area contributed by atoms with Crippen LogP contribution in [0.3, 0.4) is 0 Å². The molecule has 7 nitrogen and oxygen atoms in total. The summed E-state index contributed by atoms with van der Waals surface area (Å²) < 4.78 is 37.0. The van der Waals surface area contributed by atoms with Gasteiger partial charge in [0.15, 0.2) is 23.9 Å². The molecule has 2 N–H and O–H groups in total. The van der Waals surface area contributed by atoms with Gasteiger partial charge in [0.1, 0.15) is 6.26 Å². The molecule has 0 saturated heterocycles. The monoisotopic (exact) mass is 374 g/mol. The standard InChI is InChI=1S/C18H16F2N4O3/c19-11-4-2-6-15(17(11)20)26-9-16-22-14(8-27-16)18(25)21-7-13-10-3-1-5-12(10)23-24-13/h2,4,6,8H,1,3,5,7,9H2,(H,21,25)(H,23,24). The predicted octanol–water partition coefficient (Wildman–Crippen LogP) is 2.67. The zero-order valence-corrected chi connectivity index (χ0v) is 14.2. The first kappa shape index (κ1) is 17.2. The van der Waals surface area contributed by atoms with Gasteiger partial charge in [-0.3, -0.25) is 9.89 Å². The molecule has 1 aliphatic carbocycles. The second-order valence-corrected chi connectivity index (χ2v) is 6.13. The van der Waals surface area contributed by atoms with Crippen molar-refractivity contribution in [1.82, 2.24) is 20.5 Å². The summed E-state index contributed by atoms with van der Waals surface area (Å²) in [4.78, 5) is 16.2. The number of aromatic amines is 1. The Hall–Kier alpha value is -3.23. The number of rotatable bonds is 6. The third kappa shape index (κ3) is 3.53. The third-order valence-electron chi connectivity index (χ3n) is 4.36. The van der Waals surface area contributed by atoms with Crippen molar-refractivity contribution in [1.29, 1.82) is 0 Å². The fourth-order valence-corrected chi connectivity index (χ4v) is 3.01. The molecule has 2 aromatic heterocycles. The number of aromatic nitrogens is 3. The van der Waals surface area contributed by atoms with Crippen LogP contribution in [0.4, 0.5) is 8.78 Å². The number of amides is 1. The van der Waals surface area contributed by atoms with E-state index >= 15 is 0 Å². The minimum Gasteiger partial charge on any atom is -0.481 e. The predicted molar refractivity (Wildman–Crippen MR) is 89.0 cm³/mol. The molecule has 1 amide bonds. The van der Waals surface area contributed by atoms with Gasteiger partial charge in [-0.25, -0.2) is 9.37 Å². The van der Waals surface area contributed by atoms with E-state index in [-0.39, 0.29) is 30.5 Å². The first-order valence-electron chi connectivity index (χ1n) is 8.46. The molecule has 1 aliphatic rings. The summed E-state index contributed by atoms with van der Waals surface area (Å²) in [5, 5.41) is 9.94. The number of halogens is 2. The van der Waals surface area contributed by atoms with Crippen molar-refractivity contribution in [2.24, 2.45) is 0 Å². The van der Waals surface area contributed by atoms with Gasteiger partial charge >= 0.3 is 0 Å². The molecule has 1 aromatic carbocycles. The van der Waals surface area contributed by atoms with Crippen LogP contribution in [0.5, 0.6) is 5.75 Å². The molecule has 0 radical (unpaired) electrons. The highest BCUT2D eigenvalue weighted by atomic mass is 19.2. The number of ether oxygens (including phenoxy) is 1. The molecule has 9 heteroatoms. The van der Waals surface area contributed by atoms with Gasteiger partial charge in [-0.05, 0) is 37.0 Å². The molecule has 2 heterocycles. The Kier molecular flexibility index (Phi) is 4.57. The van der Waals surface area contributed by atoms with Crippen molar-refractivity contribution < 1.29 is 22.7 Å². The van der Waals surface area contributed by atoms with E-state index in [1.54, 1.807) is 0 Å². The Bertz CT molecular complexity index is 983. The lowest BCUT2D eigenvalue weighted by atomic mass is 10.2. The fraction of sp³-hybridized carbons (Fsp3) is 0.278. The van der Waals surface area contributed by atoms with Crippen molar-refractivity contribution in [3.8, 4) is 5.75 Å². The van der Waals surface area contributed by atoms with Crippen molar-refractivity contribution in [2.45, 2.75) is 32.4 Å².